The van der Waals surface area contributed by atoms with Gasteiger partial charge in [-0.15, -0.1) is 0 Å². The zero-order valence-corrected chi connectivity index (χ0v) is 14.6. The average Bonchev–Trinajstić information content (AvgIpc) is 2.65. The maximum Gasteiger partial charge on any atom is 0.265 e. The molecule has 0 atom stereocenters. The lowest BCUT2D eigenvalue weighted by Crippen LogP contribution is -2.21. The predicted octanol–water partition coefficient (Wildman–Crippen LogP) is 2.17. The molecule has 0 saturated heterocycles. The van der Waals surface area contributed by atoms with Crippen LogP contribution >= 0.6 is 0 Å². The number of hydrogen-bond donors (Lipinski definition) is 2. The van der Waals surface area contributed by atoms with E-state index >= 15 is 0 Å². The van der Waals surface area contributed by atoms with Gasteiger partial charge in [0.2, 0.25) is 11.8 Å². The minimum atomic E-state index is -0.314. The first-order valence-electron chi connectivity index (χ1n) is 8.17. The van der Waals surface area contributed by atoms with Gasteiger partial charge in [0.05, 0.1) is 11.3 Å². The second-order valence-corrected chi connectivity index (χ2v) is 5.90. The summed E-state index contributed by atoms with van der Waals surface area (Å²) in [6.07, 6.45) is 1.43. The van der Waals surface area contributed by atoms with E-state index in [1.165, 1.54) is 17.8 Å². The molecule has 0 radical (unpaired) electrons. The van der Waals surface area contributed by atoms with E-state index in [9.17, 15) is 14.7 Å². The van der Waals surface area contributed by atoms with Crippen molar-refractivity contribution in [3.63, 3.8) is 0 Å². The van der Waals surface area contributed by atoms with Crippen molar-refractivity contribution in [1.29, 1.82) is 0 Å². The summed E-state index contributed by atoms with van der Waals surface area (Å²) in [7, 11) is 1.53. The zero-order valence-electron chi connectivity index (χ0n) is 14.6. The molecular weight excluding hydrogens is 330 g/mol. The number of amides is 1. The third-order valence-electron chi connectivity index (χ3n) is 4.13. The molecule has 6 heteroatoms. The number of benzene rings is 2. The molecule has 0 aliphatic carbocycles. The van der Waals surface area contributed by atoms with E-state index < -0.39 is 0 Å². The van der Waals surface area contributed by atoms with Crippen molar-refractivity contribution in [1.82, 2.24) is 9.88 Å². The molecule has 3 rings (SSSR count). The molecule has 3 aromatic rings. The number of nitrogens with one attached hydrogen (secondary N) is 1. The second kappa shape index (κ2) is 7.23. The van der Waals surface area contributed by atoms with Crippen molar-refractivity contribution in [3.8, 4) is 11.6 Å². The summed E-state index contributed by atoms with van der Waals surface area (Å²) in [5.74, 6) is -0.449. The van der Waals surface area contributed by atoms with Crippen LogP contribution in [0.1, 0.15) is 11.1 Å². The van der Waals surface area contributed by atoms with Crippen molar-refractivity contribution < 1.29 is 9.90 Å². The molecule has 26 heavy (non-hydrogen) atoms. The van der Waals surface area contributed by atoms with E-state index in [0.29, 0.717) is 22.0 Å². The molecule has 1 amide bonds. The quantitative estimate of drug-likeness (QED) is 0.708. The maximum atomic E-state index is 12.9. The van der Waals surface area contributed by atoms with Gasteiger partial charge in [-0.2, -0.15) is 0 Å². The van der Waals surface area contributed by atoms with Gasteiger partial charge in [-0.1, -0.05) is 35.9 Å². The van der Waals surface area contributed by atoms with Crippen LogP contribution in [0.25, 0.3) is 16.5 Å². The van der Waals surface area contributed by atoms with E-state index in [1.54, 1.807) is 36.4 Å². The molecule has 0 unspecified atom stereocenters. The molecule has 0 aliphatic heterocycles. The van der Waals surface area contributed by atoms with E-state index in [4.69, 9.17) is 0 Å². The maximum absolute atomic E-state index is 12.9. The molecule has 1 aromatic heterocycles. The number of carbonyl (C=O) groups excluding carboxylic acids is 1. The highest BCUT2D eigenvalue weighted by Gasteiger charge is 2.16. The van der Waals surface area contributed by atoms with E-state index in [1.807, 2.05) is 19.1 Å². The van der Waals surface area contributed by atoms with E-state index in [-0.39, 0.29) is 23.9 Å². The summed E-state index contributed by atoms with van der Waals surface area (Å²) in [5, 5.41) is 14.3. The summed E-state index contributed by atoms with van der Waals surface area (Å²) < 4.78 is 1.25. The molecule has 0 aliphatic rings. The van der Waals surface area contributed by atoms with Crippen LogP contribution in [0.5, 0.6) is 5.88 Å². The lowest BCUT2D eigenvalue weighted by molar-refractivity contribution is -0.119. The van der Waals surface area contributed by atoms with Gasteiger partial charge in [0.25, 0.3) is 5.56 Å². The summed E-state index contributed by atoms with van der Waals surface area (Å²) >= 11 is 0. The van der Waals surface area contributed by atoms with Gasteiger partial charge in [0.1, 0.15) is 6.54 Å². The van der Waals surface area contributed by atoms with Crippen LogP contribution in [0.15, 0.2) is 58.3 Å². The van der Waals surface area contributed by atoms with Crippen molar-refractivity contribution in [2.45, 2.75) is 6.92 Å². The fourth-order valence-electron chi connectivity index (χ4n) is 2.72. The molecular formula is C20H19N3O3. The Kier molecular flexibility index (Phi) is 4.84. The van der Waals surface area contributed by atoms with E-state index in [2.05, 4.69) is 10.3 Å². The number of aliphatic imine (C=N–C) groups is 1. The molecule has 0 bridgehead atoms. The fourth-order valence-corrected chi connectivity index (χ4v) is 2.72. The second-order valence-electron chi connectivity index (χ2n) is 5.90. The zero-order chi connectivity index (χ0) is 18.7. The highest BCUT2D eigenvalue weighted by molar-refractivity contribution is 6.02. The molecule has 0 fully saturated rings. The van der Waals surface area contributed by atoms with Crippen molar-refractivity contribution in [3.05, 3.63) is 70.0 Å². The Labute approximate surface area is 150 Å². The topological polar surface area (TPSA) is 83.7 Å². The molecule has 6 nitrogen and oxygen atoms in total. The summed E-state index contributed by atoms with van der Waals surface area (Å²) in [4.78, 5) is 28.4. The monoisotopic (exact) mass is 349 g/mol. The standard InChI is InChI=1S/C20H19N3O3/c1-13-7-9-14(10-8-13)23-19(25)16-6-4-3-5-15(16)17(20(23)26)11-22-12-18(24)21-2/h3-11,26H,12H2,1-2H3,(H,21,24). The summed E-state index contributed by atoms with van der Waals surface area (Å²) in [5.41, 5.74) is 1.69. The van der Waals surface area contributed by atoms with Gasteiger partial charge < -0.3 is 10.4 Å². The third-order valence-corrected chi connectivity index (χ3v) is 4.13. The van der Waals surface area contributed by atoms with Gasteiger partial charge in [0, 0.05) is 24.0 Å². The van der Waals surface area contributed by atoms with Gasteiger partial charge in [-0.25, -0.2) is 4.57 Å². The third kappa shape index (κ3) is 3.21. The van der Waals surface area contributed by atoms with Crippen molar-refractivity contribution in [2.24, 2.45) is 4.99 Å². The first-order chi connectivity index (χ1) is 12.5. The molecule has 2 N–H and O–H groups in total. The van der Waals surface area contributed by atoms with Crippen LogP contribution in [0.4, 0.5) is 0 Å². The van der Waals surface area contributed by atoms with Gasteiger partial charge in [-0.05, 0) is 25.1 Å². The Hall–Kier alpha value is -3.41. The summed E-state index contributed by atoms with van der Waals surface area (Å²) in [6.45, 7) is 1.89. The van der Waals surface area contributed by atoms with Crippen LogP contribution in [0.2, 0.25) is 0 Å². The predicted molar refractivity (Wildman–Crippen MR) is 102 cm³/mol. The highest BCUT2D eigenvalue weighted by Crippen LogP contribution is 2.25. The number of nitrogens with zero attached hydrogens (tertiary/aromatic N) is 2. The Bertz CT molecular complexity index is 1050. The lowest BCUT2D eigenvalue weighted by Gasteiger charge is -2.13. The Balaban J connectivity index is 2.24. The number of hydrogen-bond acceptors (Lipinski definition) is 4. The van der Waals surface area contributed by atoms with Gasteiger partial charge in [0.15, 0.2) is 0 Å². The fraction of sp³-hybridized carbons (Fsp3) is 0.150. The molecule has 1 heterocycles. The Morgan fingerprint density at radius 1 is 1.15 bits per heavy atom. The lowest BCUT2D eigenvalue weighted by atomic mass is 10.1. The number of fused-ring (bicyclic) bond motifs is 1. The van der Waals surface area contributed by atoms with E-state index in [0.717, 1.165) is 5.56 Å². The van der Waals surface area contributed by atoms with Crippen molar-refractivity contribution >= 4 is 22.9 Å². The van der Waals surface area contributed by atoms with Crippen LogP contribution in [-0.2, 0) is 4.79 Å². The largest absolute Gasteiger partial charge is 0.494 e. The first kappa shape index (κ1) is 17.4. The number of aromatic nitrogens is 1. The highest BCUT2D eigenvalue weighted by atomic mass is 16.3. The average molecular weight is 349 g/mol. The summed E-state index contributed by atoms with van der Waals surface area (Å²) in [6, 6.07) is 14.3. The minimum Gasteiger partial charge on any atom is -0.494 e. The first-order valence-corrected chi connectivity index (χ1v) is 8.17. The molecule has 0 spiro atoms. The number of likely N-dealkylation sites (N-methyl/N-ethyl adjacent to an activating group) is 1. The van der Waals surface area contributed by atoms with Gasteiger partial charge >= 0.3 is 0 Å². The van der Waals surface area contributed by atoms with Crippen LogP contribution in [0.3, 0.4) is 0 Å². The normalized spacial score (nSPS) is 11.2. The Morgan fingerprint density at radius 2 is 1.81 bits per heavy atom. The van der Waals surface area contributed by atoms with Crippen LogP contribution < -0.4 is 10.9 Å². The number of aromatic hydroxyl groups is 1. The number of aryl methyl sites for hydroxylation is 1. The van der Waals surface area contributed by atoms with Gasteiger partial charge in [-0.3, -0.25) is 14.6 Å². The molecule has 132 valence electrons. The minimum absolute atomic E-state index is 0.0616. The Morgan fingerprint density at radius 3 is 2.46 bits per heavy atom. The molecule has 0 saturated carbocycles. The van der Waals surface area contributed by atoms with Crippen LogP contribution in [0, 0.1) is 6.92 Å². The number of pyridine rings is 1. The SMILES string of the molecule is CNC(=O)CN=Cc1c(O)n(-c2ccc(C)cc2)c(=O)c2ccccc12. The van der Waals surface area contributed by atoms with Crippen molar-refractivity contribution in [2.75, 3.05) is 13.6 Å². The van der Waals surface area contributed by atoms with Crippen LogP contribution in [-0.4, -0.2) is 35.4 Å². The number of carbonyl (C=O) groups is 1. The number of rotatable bonds is 4. The smallest absolute Gasteiger partial charge is 0.265 e. The molecule has 2 aromatic carbocycles.